The first kappa shape index (κ1) is 11.0. The lowest BCUT2D eigenvalue weighted by atomic mass is 10.1. The molecule has 1 aromatic heterocycles. The van der Waals surface area contributed by atoms with E-state index in [1.165, 1.54) is 6.20 Å². The number of amides is 1. The number of carbonyl (C=O) groups excluding carboxylic acids is 1. The summed E-state index contributed by atoms with van der Waals surface area (Å²) in [5.74, 6) is -0.0827. The van der Waals surface area contributed by atoms with Crippen LogP contribution in [0, 0.1) is 0 Å². The van der Waals surface area contributed by atoms with Crippen LogP contribution in [0.4, 0.5) is 4.39 Å². The topological polar surface area (TPSA) is 49.3 Å². The number of halogens is 1. The zero-order valence-electron chi connectivity index (χ0n) is 9.25. The zero-order valence-corrected chi connectivity index (χ0v) is 10.1. The minimum absolute atomic E-state index is 0.0827. The van der Waals surface area contributed by atoms with E-state index in [-0.39, 0.29) is 11.9 Å². The number of nitrogens with zero attached hydrogens (tertiary/aromatic N) is 4. The lowest BCUT2D eigenvalue weighted by Gasteiger charge is -2.36. The van der Waals surface area contributed by atoms with Crippen molar-refractivity contribution in [1.29, 1.82) is 0 Å². The molecule has 2 aliphatic rings. The zero-order chi connectivity index (χ0) is 11.8. The fourth-order valence-corrected chi connectivity index (χ4v) is 2.99. The summed E-state index contributed by atoms with van der Waals surface area (Å²) in [6.45, 7) is 2.54. The van der Waals surface area contributed by atoms with Gasteiger partial charge in [0.05, 0.1) is 17.9 Å². The molecule has 92 valence electrons. The van der Waals surface area contributed by atoms with Gasteiger partial charge < -0.3 is 4.90 Å². The third kappa shape index (κ3) is 2.04. The first-order valence-electron chi connectivity index (χ1n) is 5.69. The Morgan fingerprint density at radius 1 is 1.47 bits per heavy atom. The van der Waals surface area contributed by atoms with Crippen LogP contribution in [0.1, 0.15) is 16.9 Å². The summed E-state index contributed by atoms with van der Waals surface area (Å²) in [6, 6.07) is 0.175. The van der Waals surface area contributed by atoms with Crippen molar-refractivity contribution in [1.82, 2.24) is 18.5 Å². The molecule has 17 heavy (non-hydrogen) atoms. The van der Waals surface area contributed by atoms with Gasteiger partial charge in [-0.1, -0.05) is 0 Å². The predicted octanol–water partition coefficient (Wildman–Crippen LogP) is 0.406. The Labute approximate surface area is 103 Å². The first-order chi connectivity index (χ1) is 8.24. The van der Waals surface area contributed by atoms with Crippen molar-refractivity contribution in [2.24, 2.45) is 0 Å². The lowest BCUT2D eigenvalue weighted by Crippen LogP contribution is -2.52. The van der Waals surface area contributed by atoms with E-state index in [2.05, 4.69) is 13.6 Å². The highest BCUT2D eigenvalue weighted by Crippen LogP contribution is 2.24. The second kappa shape index (κ2) is 4.30. The average molecular weight is 256 g/mol. The van der Waals surface area contributed by atoms with E-state index in [1.807, 2.05) is 0 Å². The van der Waals surface area contributed by atoms with Crippen LogP contribution in [0.3, 0.4) is 0 Å². The molecule has 0 radical (unpaired) electrons. The molecule has 2 fully saturated rings. The molecule has 2 aliphatic heterocycles. The number of fused-ring (bicyclic) bond motifs is 1. The number of hydrogen-bond acceptors (Lipinski definition) is 5. The molecule has 0 bridgehead atoms. The minimum Gasteiger partial charge on any atom is -0.334 e. The maximum atomic E-state index is 13.3. The molecule has 1 amide bonds. The van der Waals surface area contributed by atoms with Crippen molar-refractivity contribution >= 4 is 17.6 Å². The quantitative estimate of drug-likeness (QED) is 0.730. The molecule has 3 heterocycles. The van der Waals surface area contributed by atoms with E-state index in [1.54, 1.807) is 4.90 Å². The SMILES string of the molecule is O=C(c1cnsn1)N1CCN2C[C@@H](F)C[C@H]2C1. The molecule has 0 saturated carbocycles. The van der Waals surface area contributed by atoms with Crippen molar-refractivity contribution in [2.45, 2.75) is 18.6 Å². The summed E-state index contributed by atoms with van der Waals surface area (Å²) >= 11 is 1.03. The molecule has 2 saturated heterocycles. The normalized spacial score (nSPS) is 29.4. The first-order valence-corrected chi connectivity index (χ1v) is 6.42. The number of piperazine rings is 1. The Kier molecular flexibility index (Phi) is 2.79. The molecule has 0 N–H and O–H groups in total. The lowest BCUT2D eigenvalue weighted by molar-refractivity contribution is 0.0566. The van der Waals surface area contributed by atoms with E-state index in [0.717, 1.165) is 18.3 Å². The number of carbonyl (C=O) groups is 1. The van der Waals surface area contributed by atoms with Gasteiger partial charge in [-0.2, -0.15) is 8.75 Å². The van der Waals surface area contributed by atoms with Crippen LogP contribution in [0.5, 0.6) is 0 Å². The molecule has 0 spiro atoms. The van der Waals surface area contributed by atoms with E-state index < -0.39 is 6.17 Å². The van der Waals surface area contributed by atoms with Gasteiger partial charge in [0, 0.05) is 32.2 Å². The van der Waals surface area contributed by atoms with Crippen LogP contribution in [0.25, 0.3) is 0 Å². The van der Waals surface area contributed by atoms with Crippen molar-refractivity contribution in [3.05, 3.63) is 11.9 Å². The highest BCUT2D eigenvalue weighted by Gasteiger charge is 2.37. The molecule has 5 nitrogen and oxygen atoms in total. The fraction of sp³-hybridized carbons (Fsp3) is 0.700. The van der Waals surface area contributed by atoms with Crippen LogP contribution >= 0.6 is 11.7 Å². The van der Waals surface area contributed by atoms with Gasteiger partial charge in [0.1, 0.15) is 6.17 Å². The Balaban J connectivity index is 1.69. The molecular weight excluding hydrogens is 243 g/mol. The van der Waals surface area contributed by atoms with E-state index in [9.17, 15) is 9.18 Å². The summed E-state index contributed by atoms with van der Waals surface area (Å²) in [5, 5.41) is 0. The van der Waals surface area contributed by atoms with Gasteiger partial charge in [-0.05, 0) is 6.42 Å². The van der Waals surface area contributed by atoms with Gasteiger partial charge in [-0.15, -0.1) is 0 Å². The van der Waals surface area contributed by atoms with Crippen LogP contribution in [-0.4, -0.2) is 62.8 Å². The van der Waals surface area contributed by atoms with E-state index in [0.29, 0.717) is 31.7 Å². The molecular formula is C10H13FN4OS. The van der Waals surface area contributed by atoms with Crippen molar-refractivity contribution in [3.63, 3.8) is 0 Å². The van der Waals surface area contributed by atoms with Crippen LogP contribution < -0.4 is 0 Å². The van der Waals surface area contributed by atoms with E-state index in [4.69, 9.17) is 0 Å². The maximum Gasteiger partial charge on any atom is 0.275 e. The summed E-state index contributed by atoms with van der Waals surface area (Å²) in [7, 11) is 0. The third-order valence-electron chi connectivity index (χ3n) is 3.43. The van der Waals surface area contributed by atoms with Gasteiger partial charge in [0.2, 0.25) is 0 Å². The Bertz CT molecular complexity index is 412. The monoisotopic (exact) mass is 256 g/mol. The summed E-state index contributed by atoms with van der Waals surface area (Å²) in [4.78, 5) is 15.9. The Morgan fingerprint density at radius 3 is 3.12 bits per heavy atom. The standard InChI is InChI=1S/C10H13FN4OS/c11-7-3-8-6-15(2-1-14(8)5-7)10(16)9-4-12-17-13-9/h4,7-8H,1-3,5-6H2/t7-,8-/m0/s1. The van der Waals surface area contributed by atoms with Gasteiger partial charge in [-0.25, -0.2) is 4.39 Å². The number of hydrogen-bond donors (Lipinski definition) is 0. The van der Waals surface area contributed by atoms with Crippen LogP contribution in [-0.2, 0) is 0 Å². The second-order valence-electron chi connectivity index (χ2n) is 4.53. The smallest absolute Gasteiger partial charge is 0.275 e. The number of alkyl halides is 1. The average Bonchev–Trinajstić information content (AvgIpc) is 2.94. The van der Waals surface area contributed by atoms with Gasteiger partial charge in [0.15, 0.2) is 5.69 Å². The van der Waals surface area contributed by atoms with Crippen LogP contribution in [0.2, 0.25) is 0 Å². The summed E-state index contributed by atoms with van der Waals surface area (Å²) < 4.78 is 21.0. The Hall–Kier alpha value is -1.08. The molecule has 0 unspecified atom stereocenters. The van der Waals surface area contributed by atoms with Gasteiger partial charge in [0.25, 0.3) is 5.91 Å². The van der Waals surface area contributed by atoms with Gasteiger partial charge in [-0.3, -0.25) is 9.69 Å². The van der Waals surface area contributed by atoms with E-state index >= 15 is 0 Å². The molecule has 7 heteroatoms. The minimum atomic E-state index is -0.740. The van der Waals surface area contributed by atoms with Crippen molar-refractivity contribution < 1.29 is 9.18 Å². The molecule has 2 atom stereocenters. The third-order valence-corrected chi connectivity index (χ3v) is 3.91. The molecule has 0 aliphatic carbocycles. The molecule has 3 rings (SSSR count). The molecule has 0 aromatic carbocycles. The maximum absolute atomic E-state index is 13.3. The summed E-state index contributed by atoms with van der Waals surface area (Å²) in [5.41, 5.74) is 0.401. The number of aromatic nitrogens is 2. The predicted molar refractivity (Wildman–Crippen MR) is 60.7 cm³/mol. The fourth-order valence-electron chi connectivity index (χ4n) is 2.59. The molecule has 1 aromatic rings. The second-order valence-corrected chi connectivity index (χ2v) is 5.08. The van der Waals surface area contributed by atoms with Crippen molar-refractivity contribution in [2.75, 3.05) is 26.2 Å². The van der Waals surface area contributed by atoms with Crippen LogP contribution in [0.15, 0.2) is 6.20 Å². The highest BCUT2D eigenvalue weighted by atomic mass is 32.1. The Morgan fingerprint density at radius 2 is 2.35 bits per heavy atom. The summed E-state index contributed by atoms with van der Waals surface area (Å²) in [6.07, 6.45) is 1.29. The van der Waals surface area contributed by atoms with Gasteiger partial charge >= 0.3 is 0 Å². The number of rotatable bonds is 1. The van der Waals surface area contributed by atoms with Crippen molar-refractivity contribution in [3.8, 4) is 0 Å². The largest absolute Gasteiger partial charge is 0.334 e. The highest BCUT2D eigenvalue weighted by molar-refractivity contribution is 6.99.